The van der Waals surface area contributed by atoms with E-state index in [1.807, 2.05) is 19.1 Å². The maximum atomic E-state index is 5.76. The van der Waals surface area contributed by atoms with Crippen molar-refractivity contribution >= 4 is 0 Å². The highest BCUT2D eigenvalue weighted by Crippen LogP contribution is 2.35. The second-order valence-electron chi connectivity index (χ2n) is 4.03. The topological polar surface area (TPSA) is 53.7 Å². The van der Waals surface area contributed by atoms with Gasteiger partial charge in [-0.05, 0) is 31.4 Å². The second kappa shape index (κ2) is 6.35. The average molecular weight is 239 g/mol. The van der Waals surface area contributed by atoms with Crippen LogP contribution in [0.2, 0.25) is 0 Å². The number of ether oxygens (including phenoxy) is 3. The molecule has 0 aliphatic rings. The highest BCUT2D eigenvalue weighted by molar-refractivity contribution is 5.50. The van der Waals surface area contributed by atoms with E-state index < -0.39 is 0 Å². The number of aryl methyl sites for hydroxylation is 1. The van der Waals surface area contributed by atoms with Crippen LogP contribution in [-0.2, 0) is 6.42 Å². The van der Waals surface area contributed by atoms with Gasteiger partial charge in [-0.3, -0.25) is 0 Å². The molecular weight excluding hydrogens is 218 g/mol. The van der Waals surface area contributed by atoms with E-state index in [1.165, 1.54) is 0 Å². The van der Waals surface area contributed by atoms with Gasteiger partial charge >= 0.3 is 0 Å². The first kappa shape index (κ1) is 13.6. The molecule has 0 heterocycles. The van der Waals surface area contributed by atoms with Gasteiger partial charge in [-0.15, -0.1) is 0 Å². The van der Waals surface area contributed by atoms with Crippen molar-refractivity contribution in [3.63, 3.8) is 0 Å². The van der Waals surface area contributed by atoms with Gasteiger partial charge in [0, 0.05) is 12.1 Å². The molecule has 2 N–H and O–H groups in total. The predicted molar refractivity (Wildman–Crippen MR) is 68.1 cm³/mol. The van der Waals surface area contributed by atoms with Gasteiger partial charge in [-0.1, -0.05) is 0 Å². The molecule has 0 amide bonds. The zero-order valence-electron chi connectivity index (χ0n) is 10.9. The molecule has 4 nitrogen and oxygen atoms in total. The maximum absolute atomic E-state index is 5.76. The Bertz CT molecular complexity index is 364. The zero-order valence-corrected chi connectivity index (χ0v) is 10.9. The third-order valence-electron chi connectivity index (χ3n) is 2.66. The number of nitrogens with two attached hydrogens (primary N) is 1. The van der Waals surface area contributed by atoms with Crippen LogP contribution in [0.3, 0.4) is 0 Å². The Balaban J connectivity index is 3.01. The lowest BCUT2D eigenvalue weighted by Crippen LogP contribution is -2.15. The van der Waals surface area contributed by atoms with Crippen LogP contribution < -0.4 is 19.9 Å². The fourth-order valence-corrected chi connectivity index (χ4v) is 1.67. The average Bonchev–Trinajstić information content (AvgIpc) is 2.34. The molecule has 4 heteroatoms. The summed E-state index contributed by atoms with van der Waals surface area (Å²) in [6.07, 6.45) is 1.77. The molecule has 1 aromatic carbocycles. The normalized spacial score (nSPS) is 12.1. The summed E-state index contributed by atoms with van der Waals surface area (Å²) in [7, 11) is 4.88. The van der Waals surface area contributed by atoms with Gasteiger partial charge in [0.1, 0.15) is 5.75 Å². The first-order valence-electron chi connectivity index (χ1n) is 5.66. The van der Waals surface area contributed by atoms with Gasteiger partial charge in [-0.2, -0.15) is 0 Å². The number of hydrogen-bond donors (Lipinski definition) is 1. The Kier molecular flexibility index (Phi) is 5.10. The number of methoxy groups -OCH3 is 3. The van der Waals surface area contributed by atoms with Gasteiger partial charge in [0.2, 0.25) is 0 Å². The van der Waals surface area contributed by atoms with Crippen LogP contribution in [0.1, 0.15) is 18.9 Å². The molecule has 1 atom stereocenters. The van der Waals surface area contributed by atoms with Crippen LogP contribution in [0.25, 0.3) is 0 Å². The summed E-state index contributed by atoms with van der Waals surface area (Å²) >= 11 is 0. The number of hydrogen-bond acceptors (Lipinski definition) is 4. The lowest BCUT2D eigenvalue weighted by atomic mass is 10.0. The van der Waals surface area contributed by atoms with Crippen LogP contribution >= 0.6 is 0 Å². The Hall–Kier alpha value is -1.42. The monoisotopic (exact) mass is 239 g/mol. The van der Waals surface area contributed by atoms with E-state index in [0.717, 1.165) is 24.2 Å². The van der Waals surface area contributed by atoms with Gasteiger partial charge in [0.05, 0.1) is 21.3 Å². The Morgan fingerprint density at radius 1 is 1.00 bits per heavy atom. The standard InChI is InChI=1S/C13H21NO3/c1-9(14)5-6-10-7-12(16-3)13(17-4)8-11(10)15-2/h7-9H,5-6,14H2,1-4H3/t9-/m0/s1. The first-order chi connectivity index (χ1) is 8.12. The van der Waals surface area contributed by atoms with E-state index in [2.05, 4.69) is 0 Å². The molecule has 1 aromatic rings. The lowest BCUT2D eigenvalue weighted by molar-refractivity contribution is 0.347. The number of rotatable bonds is 6. The van der Waals surface area contributed by atoms with Crippen LogP contribution in [0.4, 0.5) is 0 Å². The molecule has 0 aliphatic carbocycles. The molecule has 1 rings (SSSR count). The lowest BCUT2D eigenvalue weighted by Gasteiger charge is -2.14. The van der Waals surface area contributed by atoms with Crippen molar-refractivity contribution in [2.45, 2.75) is 25.8 Å². The second-order valence-corrected chi connectivity index (χ2v) is 4.03. The van der Waals surface area contributed by atoms with E-state index in [9.17, 15) is 0 Å². The van der Waals surface area contributed by atoms with E-state index in [1.54, 1.807) is 21.3 Å². The Morgan fingerprint density at radius 2 is 1.53 bits per heavy atom. The van der Waals surface area contributed by atoms with E-state index in [0.29, 0.717) is 11.5 Å². The van der Waals surface area contributed by atoms with E-state index >= 15 is 0 Å². The third-order valence-corrected chi connectivity index (χ3v) is 2.66. The third kappa shape index (κ3) is 3.53. The summed E-state index contributed by atoms with van der Waals surface area (Å²) in [5, 5.41) is 0. The number of benzene rings is 1. The summed E-state index contributed by atoms with van der Waals surface area (Å²) < 4.78 is 15.8. The molecule has 0 saturated carbocycles. The molecule has 17 heavy (non-hydrogen) atoms. The highest BCUT2D eigenvalue weighted by atomic mass is 16.5. The van der Waals surface area contributed by atoms with Crippen molar-refractivity contribution in [3.05, 3.63) is 17.7 Å². The molecule has 0 bridgehead atoms. The molecule has 0 aromatic heterocycles. The minimum Gasteiger partial charge on any atom is -0.496 e. The van der Waals surface area contributed by atoms with Crippen LogP contribution in [0, 0.1) is 0 Å². The molecule has 0 saturated heterocycles. The smallest absolute Gasteiger partial charge is 0.164 e. The highest BCUT2D eigenvalue weighted by Gasteiger charge is 2.11. The Morgan fingerprint density at radius 3 is 2.00 bits per heavy atom. The van der Waals surface area contributed by atoms with Gasteiger partial charge in [0.15, 0.2) is 11.5 Å². The van der Waals surface area contributed by atoms with Crippen molar-refractivity contribution in [1.82, 2.24) is 0 Å². The van der Waals surface area contributed by atoms with Gasteiger partial charge in [0.25, 0.3) is 0 Å². The molecule has 0 aliphatic heterocycles. The summed E-state index contributed by atoms with van der Waals surface area (Å²) in [6, 6.07) is 3.96. The maximum Gasteiger partial charge on any atom is 0.164 e. The first-order valence-corrected chi connectivity index (χ1v) is 5.66. The van der Waals surface area contributed by atoms with E-state index in [4.69, 9.17) is 19.9 Å². The van der Waals surface area contributed by atoms with Crippen LogP contribution in [-0.4, -0.2) is 27.4 Å². The minimum atomic E-state index is 0.174. The van der Waals surface area contributed by atoms with Crippen molar-refractivity contribution in [3.8, 4) is 17.2 Å². The molecule has 96 valence electrons. The van der Waals surface area contributed by atoms with Crippen molar-refractivity contribution in [1.29, 1.82) is 0 Å². The SMILES string of the molecule is COc1cc(OC)c(OC)cc1CC[C@H](C)N. The zero-order chi connectivity index (χ0) is 12.8. The summed E-state index contributed by atoms with van der Waals surface area (Å²) in [4.78, 5) is 0. The quantitative estimate of drug-likeness (QED) is 0.825. The van der Waals surface area contributed by atoms with Crippen LogP contribution in [0.5, 0.6) is 17.2 Å². The van der Waals surface area contributed by atoms with Gasteiger partial charge in [-0.25, -0.2) is 0 Å². The van der Waals surface area contributed by atoms with Crippen LogP contribution in [0.15, 0.2) is 12.1 Å². The molecule has 0 spiro atoms. The fourth-order valence-electron chi connectivity index (χ4n) is 1.67. The molecule has 0 unspecified atom stereocenters. The van der Waals surface area contributed by atoms with Crippen molar-refractivity contribution < 1.29 is 14.2 Å². The molecule has 0 radical (unpaired) electrons. The minimum absolute atomic E-state index is 0.174. The van der Waals surface area contributed by atoms with Crippen molar-refractivity contribution in [2.75, 3.05) is 21.3 Å². The summed E-state index contributed by atoms with van der Waals surface area (Å²) in [6.45, 7) is 1.99. The Labute approximate surface area is 103 Å². The largest absolute Gasteiger partial charge is 0.496 e. The summed E-state index contributed by atoms with van der Waals surface area (Å²) in [5.41, 5.74) is 6.85. The molecular formula is C13H21NO3. The van der Waals surface area contributed by atoms with Crippen molar-refractivity contribution in [2.24, 2.45) is 5.73 Å². The fraction of sp³-hybridized carbons (Fsp3) is 0.538. The van der Waals surface area contributed by atoms with E-state index in [-0.39, 0.29) is 6.04 Å². The molecule has 0 fully saturated rings. The summed E-state index contributed by atoms with van der Waals surface area (Å²) in [5.74, 6) is 2.20. The van der Waals surface area contributed by atoms with Gasteiger partial charge < -0.3 is 19.9 Å². The predicted octanol–water partition coefficient (Wildman–Crippen LogP) is 1.99.